The summed E-state index contributed by atoms with van der Waals surface area (Å²) in [5.74, 6) is 1.45. The van der Waals surface area contributed by atoms with Gasteiger partial charge in [0.05, 0.1) is 24.7 Å². The number of aldehydes is 1. The highest BCUT2D eigenvalue weighted by Crippen LogP contribution is 2.27. The number of methoxy groups -OCH3 is 1. The summed E-state index contributed by atoms with van der Waals surface area (Å²) in [6.45, 7) is 0.551. The van der Waals surface area contributed by atoms with Crippen LogP contribution in [0.15, 0.2) is 66.7 Å². The van der Waals surface area contributed by atoms with Gasteiger partial charge >= 0.3 is 0 Å². The first-order chi connectivity index (χ1) is 13.7. The van der Waals surface area contributed by atoms with Gasteiger partial charge in [-0.25, -0.2) is 4.98 Å². The molecule has 140 valence electrons. The van der Waals surface area contributed by atoms with Crippen LogP contribution in [0.2, 0.25) is 5.02 Å². The van der Waals surface area contributed by atoms with E-state index in [9.17, 15) is 4.79 Å². The van der Waals surface area contributed by atoms with Crippen LogP contribution in [-0.2, 0) is 6.54 Å². The molecule has 1 N–H and O–H groups in total. The summed E-state index contributed by atoms with van der Waals surface area (Å²) in [5, 5.41) is 4.05. The van der Waals surface area contributed by atoms with Gasteiger partial charge in [0.15, 0.2) is 0 Å². The molecule has 0 spiro atoms. The molecule has 0 unspecified atom stereocenters. The number of hydrogen-bond acceptors (Lipinski definition) is 4. The van der Waals surface area contributed by atoms with Crippen LogP contribution in [0.5, 0.6) is 5.75 Å². The van der Waals surface area contributed by atoms with Crippen LogP contribution in [0.1, 0.15) is 15.9 Å². The van der Waals surface area contributed by atoms with Gasteiger partial charge in [0, 0.05) is 16.3 Å². The zero-order chi connectivity index (χ0) is 19.5. The van der Waals surface area contributed by atoms with E-state index in [0.717, 1.165) is 34.3 Å². The van der Waals surface area contributed by atoms with E-state index in [2.05, 4.69) is 9.88 Å². The molecule has 4 rings (SSSR count). The molecule has 0 bridgehead atoms. The lowest BCUT2D eigenvalue weighted by Crippen LogP contribution is -2.05. The second kappa shape index (κ2) is 7.74. The van der Waals surface area contributed by atoms with Gasteiger partial charge in [-0.2, -0.15) is 0 Å². The molecule has 5 nitrogen and oxygen atoms in total. The van der Waals surface area contributed by atoms with Crippen LogP contribution in [0, 0.1) is 0 Å². The second-order valence-corrected chi connectivity index (χ2v) is 6.74. The van der Waals surface area contributed by atoms with Crippen molar-refractivity contribution in [2.24, 2.45) is 0 Å². The van der Waals surface area contributed by atoms with Gasteiger partial charge in [-0.05, 0) is 54.1 Å². The summed E-state index contributed by atoms with van der Waals surface area (Å²) in [6, 6.07) is 20.8. The van der Waals surface area contributed by atoms with Gasteiger partial charge in [0.2, 0.25) is 5.95 Å². The minimum Gasteiger partial charge on any atom is -0.497 e. The largest absolute Gasteiger partial charge is 0.497 e. The van der Waals surface area contributed by atoms with Crippen LogP contribution in [0.4, 0.5) is 11.6 Å². The van der Waals surface area contributed by atoms with Gasteiger partial charge in [-0.1, -0.05) is 29.8 Å². The molecule has 6 heteroatoms. The van der Waals surface area contributed by atoms with Crippen molar-refractivity contribution in [3.63, 3.8) is 0 Å². The highest BCUT2D eigenvalue weighted by atomic mass is 35.5. The lowest BCUT2D eigenvalue weighted by atomic mass is 10.2. The van der Waals surface area contributed by atoms with Crippen molar-refractivity contribution in [2.45, 2.75) is 6.54 Å². The molecule has 0 aliphatic rings. The van der Waals surface area contributed by atoms with E-state index in [1.165, 1.54) is 0 Å². The van der Waals surface area contributed by atoms with Gasteiger partial charge in [-0.15, -0.1) is 0 Å². The third-order valence-electron chi connectivity index (χ3n) is 4.54. The Morgan fingerprint density at radius 2 is 1.89 bits per heavy atom. The molecule has 28 heavy (non-hydrogen) atoms. The minimum absolute atomic E-state index is 0.551. The maximum atomic E-state index is 11.1. The fourth-order valence-corrected chi connectivity index (χ4v) is 3.27. The van der Waals surface area contributed by atoms with Gasteiger partial charge in [-0.3, -0.25) is 4.79 Å². The second-order valence-electron chi connectivity index (χ2n) is 6.33. The Morgan fingerprint density at radius 3 is 2.61 bits per heavy atom. The first-order valence-electron chi connectivity index (χ1n) is 8.78. The molecule has 4 aromatic rings. The zero-order valence-electron chi connectivity index (χ0n) is 15.2. The number of nitrogens with one attached hydrogen (secondary N) is 1. The summed E-state index contributed by atoms with van der Waals surface area (Å²) >= 11 is 6.37. The molecule has 0 saturated heterocycles. The Balaban J connectivity index is 1.78. The number of aromatic nitrogens is 2. The molecule has 3 aromatic carbocycles. The van der Waals surface area contributed by atoms with Gasteiger partial charge in [0.25, 0.3) is 0 Å². The number of carbonyl (C=O) groups is 1. The van der Waals surface area contributed by atoms with Gasteiger partial charge < -0.3 is 14.6 Å². The van der Waals surface area contributed by atoms with Crippen LogP contribution in [0.3, 0.4) is 0 Å². The zero-order valence-corrected chi connectivity index (χ0v) is 16.0. The number of anilines is 2. The van der Waals surface area contributed by atoms with Crippen molar-refractivity contribution in [3.05, 3.63) is 82.9 Å². The van der Waals surface area contributed by atoms with E-state index >= 15 is 0 Å². The molecular formula is C22H18ClN3O2. The average Bonchev–Trinajstić information content (AvgIpc) is 3.06. The standard InChI is InChI=1S/C22H18ClN3O2/c1-28-18-9-7-17(8-10-18)24-22-25-20-12-15(14-27)6-11-21(20)26(22)13-16-4-2-3-5-19(16)23/h2-12,14H,13H2,1H3,(H,24,25). The Hall–Kier alpha value is -3.31. The Kier molecular flexibility index (Phi) is 5.00. The van der Waals surface area contributed by atoms with E-state index in [0.29, 0.717) is 23.1 Å². The number of nitrogens with zero attached hydrogens (tertiary/aromatic N) is 2. The number of ether oxygens (including phenoxy) is 1. The number of hydrogen-bond donors (Lipinski definition) is 1. The van der Waals surface area contributed by atoms with Crippen molar-refractivity contribution < 1.29 is 9.53 Å². The number of fused-ring (bicyclic) bond motifs is 1. The maximum absolute atomic E-state index is 11.1. The lowest BCUT2D eigenvalue weighted by molar-refractivity contribution is 0.112. The molecular weight excluding hydrogens is 374 g/mol. The van der Waals surface area contributed by atoms with Crippen molar-refractivity contribution in [3.8, 4) is 5.75 Å². The molecule has 0 radical (unpaired) electrons. The summed E-state index contributed by atoms with van der Waals surface area (Å²) in [5.41, 5.74) is 4.12. The summed E-state index contributed by atoms with van der Waals surface area (Å²) in [7, 11) is 1.64. The topological polar surface area (TPSA) is 56.1 Å². The summed E-state index contributed by atoms with van der Waals surface area (Å²) < 4.78 is 7.26. The van der Waals surface area contributed by atoms with Crippen molar-refractivity contribution in [1.29, 1.82) is 0 Å². The Bertz CT molecular complexity index is 1140. The number of carbonyl (C=O) groups excluding carboxylic acids is 1. The highest BCUT2D eigenvalue weighted by Gasteiger charge is 2.13. The number of rotatable bonds is 6. The molecule has 0 amide bonds. The van der Waals surface area contributed by atoms with E-state index < -0.39 is 0 Å². The van der Waals surface area contributed by atoms with E-state index in [4.69, 9.17) is 21.3 Å². The highest BCUT2D eigenvalue weighted by molar-refractivity contribution is 6.31. The van der Waals surface area contributed by atoms with Crippen molar-refractivity contribution in [2.75, 3.05) is 12.4 Å². The fraction of sp³-hybridized carbons (Fsp3) is 0.0909. The van der Waals surface area contributed by atoms with E-state index in [1.54, 1.807) is 19.2 Å². The van der Waals surface area contributed by atoms with E-state index in [1.807, 2.05) is 54.6 Å². The molecule has 1 aromatic heterocycles. The number of imidazole rings is 1. The molecule has 0 aliphatic heterocycles. The third kappa shape index (κ3) is 3.57. The predicted octanol–water partition coefficient (Wildman–Crippen LogP) is 5.30. The smallest absolute Gasteiger partial charge is 0.208 e. The van der Waals surface area contributed by atoms with Crippen molar-refractivity contribution in [1.82, 2.24) is 9.55 Å². The summed E-state index contributed by atoms with van der Waals surface area (Å²) in [6.07, 6.45) is 0.823. The first-order valence-corrected chi connectivity index (χ1v) is 9.15. The minimum atomic E-state index is 0.551. The number of benzene rings is 3. The SMILES string of the molecule is COc1ccc(Nc2nc3cc(C=O)ccc3n2Cc2ccccc2Cl)cc1. The van der Waals surface area contributed by atoms with Crippen LogP contribution >= 0.6 is 11.6 Å². The van der Waals surface area contributed by atoms with Crippen molar-refractivity contribution >= 4 is 40.6 Å². The predicted molar refractivity (Wildman–Crippen MR) is 112 cm³/mol. The molecule has 0 atom stereocenters. The monoisotopic (exact) mass is 391 g/mol. The molecule has 0 aliphatic carbocycles. The Morgan fingerprint density at radius 1 is 1.11 bits per heavy atom. The van der Waals surface area contributed by atoms with E-state index in [-0.39, 0.29) is 0 Å². The lowest BCUT2D eigenvalue weighted by Gasteiger charge is -2.12. The Labute approximate surface area is 167 Å². The summed E-state index contributed by atoms with van der Waals surface area (Å²) in [4.78, 5) is 15.9. The number of halogens is 1. The van der Waals surface area contributed by atoms with Crippen LogP contribution in [0.25, 0.3) is 11.0 Å². The van der Waals surface area contributed by atoms with Gasteiger partial charge in [0.1, 0.15) is 12.0 Å². The van der Waals surface area contributed by atoms with Crippen LogP contribution < -0.4 is 10.1 Å². The molecule has 0 fully saturated rings. The average molecular weight is 392 g/mol. The fourth-order valence-electron chi connectivity index (χ4n) is 3.08. The normalized spacial score (nSPS) is 10.8. The first kappa shape index (κ1) is 18.1. The molecule has 0 saturated carbocycles. The maximum Gasteiger partial charge on any atom is 0.208 e. The quantitative estimate of drug-likeness (QED) is 0.453. The third-order valence-corrected chi connectivity index (χ3v) is 4.91. The van der Waals surface area contributed by atoms with Crippen LogP contribution in [-0.4, -0.2) is 22.9 Å². The molecule has 1 heterocycles.